The third-order valence-electron chi connectivity index (χ3n) is 2.77. The Bertz CT molecular complexity index is 418. The molecule has 0 aromatic heterocycles. The van der Waals surface area contributed by atoms with E-state index in [0.717, 1.165) is 11.3 Å². The molecule has 5 nitrogen and oxygen atoms in total. The first kappa shape index (κ1) is 12.7. The highest BCUT2D eigenvalue weighted by molar-refractivity contribution is 5.70. The molecule has 0 saturated carbocycles. The predicted molar refractivity (Wildman–Crippen MR) is 65.5 cm³/mol. The Hall–Kier alpha value is -1.75. The van der Waals surface area contributed by atoms with E-state index in [1.54, 1.807) is 7.11 Å². The molecule has 0 spiro atoms. The van der Waals surface area contributed by atoms with Gasteiger partial charge in [0.15, 0.2) is 0 Å². The van der Waals surface area contributed by atoms with Crippen molar-refractivity contribution in [2.75, 3.05) is 20.3 Å². The number of hydrogen-bond acceptors (Lipinski definition) is 4. The van der Waals surface area contributed by atoms with E-state index >= 15 is 0 Å². The van der Waals surface area contributed by atoms with E-state index in [-0.39, 0.29) is 6.09 Å². The zero-order chi connectivity index (χ0) is 13.0. The molecular formula is C13H17NO4. The van der Waals surface area contributed by atoms with Crippen LogP contribution in [-0.2, 0) is 16.1 Å². The minimum atomic E-state index is -0.427. The van der Waals surface area contributed by atoms with Gasteiger partial charge in [0.05, 0.1) is 25.9 Å². The standard InChI is InChI=1S/C13H17NO4/c1-13(9-18-12(15)14-13)8-17-7-10-3-5-11(16-2)6-4-10/h3-6H,7-9H2,1-2H3,(H,14,15)/t13-/m1/s1. The fourth-order valence-electron chi connectivity index (χ4n) is 1.74. The molecule has 98 valence electrons. The summed E-state index contributed by atoms with van der Waals surface area (Å²) in [7, 11) is 1.63. The van der Waals surface area contributed by atoms with Gasteiger partial charge in [0, 0.05) is 0 Å². The molecule has 1 aromatic carbocycles. The molecule has 5 heteroatoms. The number of amides is 1. The van der Waals surface area contributed by atoms with Gasteiger partial charge in [-0.3, -0.25) is 0 Å². The maximum absolute atomic E-state index is 11.0. The van der Waals surface area contributed by atoms with Crippen LogP contribution in [0, 0.1) is 0 Å². The number of carbonyl (C=O) groups excluding carboxylic acids is 1. The molecular weight excluding hydrogens is 234 g/mol. The van der Waals surface area contributed by atoms with Crippen LogP contribution >= 0.6 is 0 Å². The van der Waals surface area contributed by atoms with Crippen molar-refractivity contribution >= 4 is 6.09 Å². The number of alkyl carbamates (subject to hydrolysis) is 1. The molecule has 1 aliphatic rings. The summed E-state index contributed by atoms with van der Waals surface area (Å²) in [4.78, 5) is 11.0. The molecule has 0 radical (unpaired) electrons. The van der Waals surface area contributed by atoms with Crippen molar-refractivity contribution in [2.45, 2.75) is 19.1 Å². The zero-order valence-electron chi connectivity index (χ0n) is 10.6. The van der Waals surface area contributed by atoms with Crippen molar-refractivity contribution in [2.24, 2.45) is 0 Å². The fourth-order valence-corrected chi connectivity index (χ4v) is 1.74. The summed E-state index contributed by atoms with van der Waals surface area (Å²) >= 11 is 0. The minimum absolute atomic E-state index is 0.342. The van der Waals surface area contributed by atoms with Gasteiger partial charge < -0.3 is 19.5 Å². The van der Waals surface area contributed by atoms with Gasteiger partial charge in [-0.05, 0) is 24.6 Å². The highest BCUT2D eigenvalue weighted by Gasteiger charge is 2.35. The number of ether oxygens (including phenoxy) is 3. The van der Waals surface area contributed by atoms with Crippen LogP contribution in [0.1, 0.15) is 12.5 Å². The molecule has 1 aromatic rings. The monoisotopic (exact) mass is 251 g/mol. The van der Waals surface area contributed by atoms with Gasteiger partial charge in [0.2, 0.25) is 0 Å². The summed E-state index contributed by atoms with van der Waals surface area (Å²) in [6, 6.07) is 7.68. The third-order valence-corrected chi connectivity index (χ3v) is 2.77. The first-order chi connectivity index (χ1) is 8.61. The molecule has 0 unspecified atom stereocenters. The van der Waals surface area contributed by atoms with Crippen molar-refractivity contribution < 1.29 is 19.0 Å². The highest BCUT2D eigenvalue weighted by Crippen LogP contribution is 2.15. The molecule has 0 bridgehead atoms. The lowest BCUT2D eigenvalue weighted by molar-refractivity contribution is 0.0658. The van der Waals surface area contributed by atoms with Gasteiger partial charge in [-0.2, -0.15) is 0 Å². The number of nitrogens with one attached hydrogen (secondary N) is 1. The molecule has 1 amide bonds. The normalized spacial score (nSPS) is 22.4. The minimum Gasteiger partial charge on any atom is -0.497 e. The first-order valence-electron chi connectivity index (χ1n) is 5.77. The summed E-state index contributed by atoms with van der Waals surface area (Å²) < 4.78 is 15.5. The molecule has 1 saturated heterocycles. The van der Waals surface area contributed by atoms with Crippen LogP contribution in [0.2, 0.25) is 0 Å². The van der Waals surface area contributed by atoms with Crippen LogP contribution in [0.25, 0.3) is 0 Å². The second-order valence-electron chi connectivity index (χ2n) is 4.60. The average molecular weight is 251 g/mol. The topological polar surface area (TPSA) is 56.8 Å². The SMILES string of the molecule is COc1ccc(COC[C@]2(C)COC(=O)N2)cc1. The number of carbonyl (C=O) groups is 1. The van der Waals surface area contributed by atoms with Gasteiger partial charge in [-0.1, -0.05) is 12.1 Å². The summed E-state index contributed by atoms with van der Waals surface area (Å²) in [5.74, 6) is 0.821. The van der Waals surface area contributed by atoms with Crippen LogP contribution in [0.5, 0.6) is 5.75 Å². The van der Waals surface area contributed by atoms with E-state index in [0.29, 0.717) is 19.8 Å². The van der Waals surface area contributed by atoms with E-state index in [4.69, 9.17) is 14.2 Å². The van der Waals surface area contributed by atoms with Crippen molar-refractivity contribution in [1.82, 2.24) is 5.32 Å². The van der Waals surface area contributed by atoms with Crippen molar-refractivity contribution in [3.05, 3.63) is 29.8 Å². The summed E-state index contributed by atoms with van der Waals surface area (Å²) in [5, 5.41) is 2.73. The van der Waals surface area contributed by atoms with Crippen LogP contribution in [0.15, 0.2) is 24.3 Å². The number of hydrogen-bond donors (Lipinski definition) is 1. The van der Waals surface area contributed by atoms with E-state index in [1.807, 2.05) is 31.2 Å². The molecule has 1 N–H and O–H groups in total. The lowest BCUT2D eigenvalue weighted by atomic mass is 10.1. The lowest BCUT2D eigenvalue weighted by Gasteiger charge is -2.20. The second kappa shape index (κ2) is 5.27. The lowest BCUT2D eigenvalue weighted by Crippen LogP contribution is -2.44. The smallest absolute Gasteiger partial charge is 0.407 e. The maximum atomic E-state index is 11.0. The number of rotatable bonds is 5. The highest BCUT2D eigenvalue weighted by atomic mass is 16.6. The van der Waals surface area contributed by atoms with Gasteiger partial charge >= 0.3 is 6.09 Å². The van der Waals surface area contributed by atoms with Crippen LogP contribution in [0.4, 0.5) is 4.79 Å². The molecule has 1 heterocycles. The van der Waals surface area contributed by atoms with E-state index in [1.165, 1.54) is 0 Å². The predicted octanol–water partition coefficient (Wildman–Crippen LogP) is 1.71. The van der Waals surface area contributed by atoms with Crippen LogP contribution < -0.4 is 10.1 Å². The Morgan fingerprint density at radius 2 is 2.11 bits per heavy atom. The third kappa shape index (κ3) is 3.13. The Balaban J connectivity index is 1.79. The Kier molecular flexibility index (Phi) is 3.72. The molecule has 0 aliphatic carbocycles. The van der Waals surface area contributed by atoms with Crippen molar-refractivity contribution in [1.29, 1.82) is 0 Å². The molecule has 1 fully saturated rings. The maximum Gasteiger partial charge on any atom is 0.407 e. The Labute approximate surface area is 106 Å². The van der Waals surface area contributed by atoms with Gasteiger partial charge in [-0.25, -0.2) is 4.79 Å². The van der Waals surface area contributed by atoms with Gasteiger partial charge in [-0.15, -0.1) is 0 Å². The van der Waals surface area contributed by atoms with Gasteiger partial charge in [0.1, 0.15) is 12.4 Å². The number of cyclic esters (lactones) is 1. The fraction of sp³-hybridized carbons (Fsp3) is 0.462. The average Bonchev–Trinajstić information content (AvgIpc) is 2.70. The molecule has 2 rings (SSSR count). The van der Waals surface area contributed by atoms with Crippen molar-refractivity contribution in [3.8, 4) is 5.75 Å². The largest absolute Gasteiger partial charge is 0.497 e. The first-order valence-corrected chi connectivity index (χ1v) is 5.77. The summed E-state index contributed by atoms with van der Waals surface area (Å²) in [6.07, 6.45) is -0.384. The Morgan fingerprint density at radius 3 is 2.67 bits per heavy atom. The van der Waals surface area contributed by atoms with E-state index in [2.05, 4.69) is 5.32 Å². The quantitative estimate of drug-likeness (QED) is 0.865. The zero-order valence-corrected chi connectivity index (χ0v) is 10.6. The van der Waals surface area contributed by atoms with Gasteiger partial charge in [0.25, 0.3) is 0 Å². The van der Waals surface area contributed by atoms with Crippen LogP contribution in [0.3, 0.4) is 0 Å². The second-order valence-corrected chi connectivity index (χ2v) is 4.60. The van der Waals surface area contributed by atoms with E-state index < -0.39 is 5.54 Å². The number of methoxy groups -OCH3 is 1. The van der Waals surface area contributed by atoms with Crippen molar-refractivity contribution in [3.63, 3.8) is 0 Å². The molecule has 1 atom stereocenters. The Morgan fingerprint density at radius 1 is 1.39 bits per heavy atom. The van der Waals surface area contributed by atoms with E-state index in [9.17, 15) is 4.79 Å². The number of benzene rings is 1. The van der Waals surface area contributed by atoms with Crippen LogP contribution in [-0.4, -0.2) is 32.0 Å². The summed E-state index contributed by atoms with van der Waals surface area (Å²) in [5.41, 5.74) is 0.633. The molecule has 18 heavy (non-hydrogen) atoms. The molecule has 1 aliphatic heterocycles. The summed E-state index contributed by atoms with van der Waals surface area (Å²) in [6.45, 7) is 3.15.